The van der Waals surface area contributed by atoms with Crippen LogP contribution in [0.1, 0.15) is 33.6 Å². The number of hydrogen-bond donors (Lipinski definition) is 3. The third kappa shape index (κ3) is 12.5. The van der Waals surface area contributed by atoms with E-state index in [1.54, 1.807) is 25.3 Å². The lowest BCUT2D eigenvalue weighted by molar-refractivity contribution is 0.0979. The van der Waals surface area contributed by atoms with E-state index >= 15 is 0 Å². The fourth-order valence-electron chi connectivity index (χ4n) is 6.92. The van der Waals surface area contributed by atoms with E-state index in [4.69, 9.17) is 9.68 Å². The van der Waals surface area contributed by atoms with Crippen LogP contribution in [0.25, 0.3) is 22.1 Å². The number of aromatic nitrogens is 8. The van der Waals surface area contributed by atoms with Crippen molar-refractivity contribution in [1.29, 1.82) is 0 Å². The molecule has 0 saturated heterocycles. The Kier molecular flexibility index (Phi) is 15.0. The van der Waals surface area contributed by atoms with Gasteiger partial charge in [0.05, 0.1) is 52.3 Å². The molecule has 0 fully saturated rings. The Morgan fingerprint density at radius 2 is 0.986 bits per heavy atom. The summed E-state index contributed by atoms with van der Waals surface area (Å²) in [7, 11) is -11.6. The summed E-state index contributed by atoms with van der Waals surface area (Å²) in [6.07, 6.45) is 8.27. The molecule has 0 saturated carbocycles. The summed E-state index contributed by atoms with van der Waals surface area (Å²) >= 11 is 0. The molecule has 0 unspecified atom stereocenters. The lowest BCUT2D eigenvalue weighted by Crippen LogP contribution is -2.35. The summed E-state index contributed by atoms with van der Waals surface area (Å²) in [6.45, 7) is 4.54. The van der Waals surface area contributed by atoms with Crippen LogP contribution in [0, 0.1) is 13.8 Å². The summed E-state index contributed by atoms with van der Waals surface area (Å²) in [4.78, 5) is 62.4. The third-order valence-electron chi connectivity index (χ3n) is 9.98. The molecule has 3 N–H and O–H groups in total. The van der Waals surface area contributed by atoms with Crippen LogP contribution in [0.2, 0.25) is 0 Å². The molecular weight excluding hydrogens is 965 g/mol. The number of nitrogens with one attached hydrogen (secondary N) is 3. The molecule has 70 heavy (non-hydrogen) atoms. The van der Waals surface area contributed by atoms with Gasteiger partial charge < -0.3 is 20.3 Å². The maximum atomic E-state index is 12.9. The topological polar surface area (TPSA) is 282 Å². The second kappa shape index (κ2) is 21.1. The quantitative estimate of drug-likeness (QED) is 0.118. The van der Waals surface area contributed by atoms with Gasteiger partial charge in [-0.05, 0) is 48.2 Å². The van der Waals surface area contributed by atoms with Crippen LogP contribution in [0.3, 0.4) is 0 Å². The van der Waals surface area contributed by atoms with Gasteiger partial charge in [0.1, 0.15) is 31.7 Å². The first-order valence-corrected chi connectivity index (χ1v) is 26.5. The number of fused-ring (bicyclic) bond motifs is 2. The minimum atomic E-state index is -4.10. The number of aryl methyl sites for hydroxylation is 2. The van der Waals surface area contributed by atoms with E-state index in [1.165, 1.54) is 47.8 Å². The van der Waals surface area contributed by atoms with Gasteiger partial charge in [0.2, 0.25) is 30.1 Å². The van der Waals surface area contributed by atoms with E-state index in [0.717, 1.165) is 40.2 Å². The fraction of sp³-hybridized carbons (Fsp3) is 0.200. The highest BCUT2D eigenvalue weighted by Crippen LogP contribution is 2.25. The van der Waals surface area contributed by atoms with Gasteiger partial charge in [-0.3, -0.25) is 14.3 Å². The second-order valence-electron chi connectivity index (χ2n) is 15.6. The predicted octanol–water partition coefficient (Wildman–Crippen LogP) is 3.57. The first kappa shape index (κ1) is 49.9. The van der Waals surface area contributed by atoms with Crippen molar-refractivity contribution in [2.75, 3.05) is 37.8 Å². The summed E-state index contributed by atoms with van der Waals surface area (Å²) < 4.78 is 75.4. The van der Waals surface area contributed by atoms with Crippen molar-refractivity contribution in [1.82, 2.24) is 39.4 Å². The molecule has 22 nitrogen and oxygen atoms in total. The monoisotopic (exact) mass is 1010 g/mol. The Morgan fingerprint density at radius 3 is 1.37 bits per heavy atom. The van der Waals surface area contributed by atoms with Crippen LogP contribution in [-0.2, 0) is 56.4 Å². The van der Waals surface area contributed by atoms with Gasteiger partial charge in [0.15, 0.2) is 17.1 Å². The summed E-state index contributed by atoms with van der Waals surface area (Å²) in [5, 5.41) is 7.63. The van der Waals surface area contributed by atoms with Crippen LogP contribution in [0.15, 0.2) is 132 Å². The van der Waals surface area contributed by atoms with Crippen molar-refractivity contribution in [2.24, 2.45) is 0 Å². The minimum Gasteiger partial charge on any atom is -0.404 e. The number of pyridine rings is 4. The largest absolute Gasteiger partial charge is 0.404 e. The lowest BCUT2D eigenvalue weighted by atomic mass is 10.2. The van der Waals surface area contributed by atoms with Crippen molar-refractivity contribution >= 4 is 75.1 Å². The lowest BCUT2D eigenvalue weighted by Gasteiger charge is -2.19. The molecule has 364 valence electrons. The molecule has 0 radical (unpaired) electrons. The Labute approximate surface area is 402 Å². The van der Waals surface area contributed by atoms with Crippen molar-refractivity contribution in [3.63, 3.8) is 0 Å². The van der Waals surface area contributed by atoms with E-state index in [-0.39, 0.29) is 40.7 Å². The maximum Gasteiger partial charge on any atom is 0.287 e. The van der Waals surface area contributed by atoms with Gasteiger partial charge in [0.25, 0.3) is 11.1 Å². The molecule has 0 atom stereocenters. The van der Waals surface area contributed by atoms with Crippen LogP contribution in [-0.4, -0.2) is 83.4 Å². The van der Waals surface area contributed by atoms with Gasteiger partial charge in [-0.15, -0.1) is 13.2 Å². The minimum absolute atomic E-state index is 0.168. The van der Waals surface area contributed by atoms with E-state index < -0.39 is 35.6 Å². The first-order chi connectivity index (χ1) is 33.2. The van der Waals surface area contributed by atoms with Crippen LogP contribution >= 0.6 is 0 Å². The number of benzene rings is 2. The number of sulfonamides is 3. The van der Waals surface area contributed by atoms with Gasteiger partial charge in [-0.1, -0.05) is 72.8 Å². The van der Waals surface area contributed by atoms with E-state index in [0.29, 0.717) is 56.9 Å². The number of rotatable bonds is 17. The molecule has 0 aliphatic heterocycles. The molecule has 2 aromatic carbocycles. The molecular formula is C45H46N12O10S3. The van der Waals surface area contributed by atoms with Crippen LogP contribution in [0.4, 0.5) is 23.0 Å². The normalized spacial score (nSPS) is 11.6. The molecule has 0 bridgehead atoms. The molecule has 0 spiro atoms. The summed E-state index contributed by atoms with van der Waals surface area (Å²) in [5.74, 6) is -0.0179. The summed E-state index contributed by atoms with van der Waals surface area (Å²) in [5.41, 5.74) is 5.40. The Morgan fingerprint density at radius 1 is 0.543 bits per heavy atom. The van der Waals surface area contributed by atoms with E-state index in [2.05, 4.69) is 45.3 Å². The standard InChI is InChI=1S/C23H24N6O6S2.C22H22N6O4S/c1-16-22-19(24-12-18-9-10-20(25-13-18)29(36(2,31)32)37(3,33)34)11-21(30)28(23(22)27-15-26-16)35-14-17-7-5-4-6-8-17;1-15-21-18(23-11-17-8-9-19(24-12-17)27-33(2,30)31)10-20(29)28(22(21)26-14-25-15)32-13-16-6-4-3-5-7-16/h4-11,13,15,24H,12,14H2,1-3H3;3-10,12,14,23H,11,13H2,1-2H3,(H,24,27). The zero-order valence-corrected chi connectivity index (χ0v) is 40.7. The maximum absolute atomic E-state index is 12.9. The molecule has 25 heteroatoms. The number of nitrogens with zero attached hydrogens (tertiary/aromatic N) is 9. The SMILES string of the molecule is Cc1ncnc2c1c(NCc1ccc(N(S(C)(=O)=O)S(C)(=O)=O)nc1)cc(=O)n2OCc1ccccc1.Cc1ncnc2c1c(NCc1ccc(NS(C)(=O)=O)nc1)cc(=O)n2OCc1ccccc1. The number of anilines is 4. The molecule has 6 aromatic heterocycles. The highest BCUT2D eigenvalue weighted by Gasteiger charge is 2.28. The van der Waals surface area contributed by atoms with Gasteiger partial charge in [0, 0.05) is 37.6 Å². The van der Waals surface area contributed by atoms with Crippen LogP contribution in [0.5, 0.6) is 0 Å². The Bertz CT molecular complexity index is 3590. The molecule has 0 aliphatic rings. The highest BCUT2D eigenvalue weighted by molar-refractivity contribution is 8.09. The predicted molar refractivity (Wildman–Crippen MR) is 264 cm³/mol. The second-order valence-corrected chi connectivity index (χ2v) is 21.2. The smallest absolute Gasteiger partial charge is 0.287 e. The van der Waals surface area contributed by atoms with Crippen molar-refractivity contribution < 1.29 is 34.9 Å². The molecule has 6 heterocycles. The first-order valence-electron chi connectivity index (χ1n) is 20.9. The van der Waals surface area contributed by atoms with Gasteiger partial charge in [-0.2, -0.15) is 0 Å². The highest BCUT2D eigenvalue weighted by atomic mass is 32.3. The molecule has 0 aliphatic carbocycles. The van der Waals surface area contributed by atoms with Gasteiger partial charge >= 0.3 is 0 Å². The molecule has 8 aromatic rings. The fourth-order valence-corrected chi connectivity index (χ4v) is 10.3. The molecule has 8 rings (SSSR count). The number of hydrogen-bond acceptors (Lipinski definition) is 18. The average molecular weight is 1010 g/mol. The Balaban J connectivity index is 0.000000208. The van der Waals surface area contributed by atoms with Crippen molar-refractivity contribution in [2.45, 2.75) is 40.2 Å². The van der Waals surface area contributed by atoms with E-state index in [9.17, 15) is 34.8 Å². The Hall–Kier alpha value is -8.03. The van der Waals surface area contributed by atoms with E-state index in [1.807, 2.05) is 67.6 Å². The zero-order valence-electron chi connectivity index (χ0n) is 38.2. The van der Waals surface area contributed by atoms with Crippen molar-refractivity contribution in [3.8, 4) is 0 Å². The van der Waals surface area contributed by atoms with Gasteiger partial charge in [-0.25, -0.2) is 55.2 Å². The van der Waals surface area contributed by atoms with Crippen LogP contribution < -0.4 is 39.9 Å². The summed E-state index contributed by atoms with van der Waals surface area (Å²) in [6, 6.07) is 27.9. The average Bonchev–Trinajstić information content (AvgIpc) is 3.30. The zero-order chi connectivity index (χ0) is 50.2. The molecule has 0 amide bonds. The third-order valence-corrected chi connectivity index (χ3v) is 13.8. The van der Waals surface area contributed by atoms with Crippen molar-refractivity contribution in [3.05, 3.63) is 176 Å².